The van der Waals surface area contributed by atoms with Crippen molar-refractivity contribution in [1.82, 2.24) is 0 Å². The Kier molecular flexibility index (Phi) is 7.37. The molecular formula is C17H22O2. The van der Waals surface area contributed by atoms with E-state index in [1.807, 2.05) is 38.1 Å². The molecule has 102 valence electrons. The van der Waals surface area contributed by atoms with Gasteiger partial charge in [-0.2, -0.15) is 0 Å². The number of ether oxygens (including phenoxy) is 1. The molecule has 0 fully saturated rings. The first kappa shape index (κ1) is 15.3. The Bertz CT molecular complexity index is 456. The standard InChI is InChI=1S/C15H16O2.C2H6/c16-11-12-17-15-10-6-5-9-14(15)13-7-3-1-2-4-8-13;1-2/h1,3-10,16H,2,11-12H2;1-2H3. The predicted octanol–water partition coefficient (Wildman–Crippen LogP) is 3.98. The largest absolute Gasteiger partial charge is 0.491 e. The van der Waals surface area contributed by atoms with E-state index in [2.05, 4.69) is 30.4 Å². The number of allylic oxidation sites excluding steroid dienone is 6. The fourth-order valence-corrected chi connectivity index (χ4v) is 1.75. The van der Waals surface area contributed by atoms with Crippen LogP contribution in [-0.4, -0.2) is 18.3 Å². The van der Waals surface area contributed by atoms with Gasteiger partial charge in [0.05, 0.1) is 6.61 Å². The van der Waals surface area contributed by atoms with Gasteiger partial charge in [-0.05, 0) is 18.1 Å². The first-order valence-electron chi connectivity index (χ1n) is 6.78. The molecule has 0 saturated heterocycles. The van der Waals surface area contributed by atoms with Crippen LogP contribution >= 0.6 is 0 Å². The lowest BCUT2D eigenvalue weighted by Gasteiger charge is -2.10. The summed E-state index contributed by atoms with van der Waals surface area (Å²) in [5, 5.41) is 8.81. The van der Waals surface area contributed by atoms with Crippen molar-refractivity contribution in [3.63, 3.8) is 0 Å². The molecule has 1 aliphatic carbocycles. The molecule has 0 amide bonds. The van der Waals surface area contributed by atoms with E-state index in [1.54, 1.807) is 0 Å². The monoisotopic (exact) mass is 258 g/mol. The highest BCUT2D eigenvalue weighted by Gasteiger charge is 2.06. The van der Waals surface area contributed by atoms with Crippen molar-refractivity contribution in [3.8, 4) is 5.75 Å². The number of rotatable bonds is 4. The number of benzene rings is 1. The molecule has 0 aromatic heterocycles. The molecule has 2 rings (SSSR count). The minimum Gasteiger partial charge on any atom is -0.491 e. The van der Waals surface area contributed by atoms with Crippen molar-refractivity contribution in [1.29, 1.82) is 0 Å². The molecule has 2 heteroatoms. The maximum Gasteiger partial charge on any atom is 0.127 e. The van der Waals surface area contributed by atoms with E-state index < -0.39 is 0 Å². The van der Waals surface area contributed by atoms with Gasteiger partial charge in [-0.25, -0.2) is 0 Å². The molecule has 0 heterocycles. The summed E-state index contributed by atoms with van der Waals surface area (Å²) < 4.78 is 5.53. The van der Waals surface area contributed by atoms with Crippen LogP contribution in [0.25, 0.3) is 5.57 Å². The second kappa shape index (κ2) is 9.17. The Labute approximate surface area is 115 Å². The van der Waals surface area contributed by atoms with Crippen molar-refractivity contribution in [2.45, 2.75) is 20.3 Å². The third kappa shape index (κ3) is 4.76. The molecule has 0 saturated carbocycles. The van der Waals surface area contributed by atoms with Crippen LogP contribution in [0.1, 0.15) is 25.8 Å². The molecule has 0 spiro atoms. The van der Waals surface area contributed by atoms with Gasteiger partial charge in [0.2, 0.25) is 0 Å². The highest BCUT2D eigenvalue weighted by Crippen LogP contribution is 2.27. The van der Waals surface area contributed by atoms with E-state index in [-0.39, 0.29) is 6.61 Å². The van der Waals surface area contributed by atoms with E-state index in [1.165, 1.54) is 0 Å². The van der Waals surface area contributed by atoms with Gasteiger partial charge in [0, 0.05) is 5.56 Å². The Morgan fingerprint density at radius 2 is 1.95 bits per heavy atom. The summed E-state index contributed by atoms with van der Waals surface area (Å²) in [6, 6.07) is 7.88. The Balaban J connectivity index is 0.000000861. The Hall–Kier alpha value is -1.80. The van der Waals surface area contributed by atoms with Crippen LogP contribution in [0.3, 0.4) is 0 Å². The fraction of sp³-hybridized carbons (Fsp3) is 0.294. The van der Waals surface area contributed by atoms with Gasteiger partial charge in [-0.15, -0.1) is 0 Å². The van der Waals surface area contributed by atoms with Crippen LogP contribution in [0.2, 0.25) is 0 Å². The average molecular weight is 258 g/mol. The summed E-state index contributed by atoms with van der Waals surface area (Å²) in [5.74, 6) is 0.813. The second-order valence-corrected chi connectivity index (χ2v) is 3.76. The molecule has 1 aromatic carbocycles. The normalized spacial score (nSPS) is 13.1. The molecule has 1 aromatic rings. The summed E-state index contributed by atoms with van der Waals surface area (Å²) in [6.07, 6.45) is 11.4. The summed E-state index contributed by atoms with van der Waals surface area (Å²) >= 11 is 0. The molecular weight excluding hydrogens is 236 g/mol. The van der Waals surface area contributed by atoms with Crippen LogP contribution in [-0.2, 0) is 0 Å². The van der Waals surface area contributed by atoms with E-state index >= 15 is 0 Å². The van der Waals surface area contributed by atoms with Crippen LogP contribution in [0.5, 0.6) is 5.75 Å². The Morgan fingerprint density at radius 3 is 2.74 bits per heavy atom. The first-order valence-corrected chi connectivity index (χ1v) is 6.78. The lowest BCUT2D eigenvalue weighted by atomic mass is 10.0. The number of para-hydroxylation sites is 1. The summed E-state index contributed by atoms with van der Waals surface area (Å²) in [7, 11) is 0. The van der Waals surface area contributed by atoms with Crippen molar-refractivity contribution in [2.24, 2.45) is 0 Å². The van der Waals surface area contributed by atoms with Gasteiger partial charge in [-0.1, -0.05) is 62.4 Å². The number of aliphatic hydroxyl groups is 1. The smallest absolute Gasteiger partial charge is 0.127 e. The summed E-state index contributed by atoms with van der Waals surface area (Å²) in [6.45, 7) is 4.35. The third-order valence-electron chi connectivity index (χ3n) is 2.53. The predicted molar refractivity (Wildman–Crippen MR) is 81.2 cm³/mol. The number of aliphatic hydroxyl groups excluding tert-OH is 1. The molecule has 0 atom stereocenters. The van der Waals surface area contributed by atoms with Crippen molar-refractivity contribution >= 4 is 5.57 Å². The van der Waals surface area contributed by atoms with Gasteiger partial charge < -0.3 is 9.84 Å². The van der Waals surface area contributed by atoms with Gasteiger partial charge >= 0.3 is 0 Å². The van der Waals surface area contributed by atoms with Gasteiger partial charge in [0.15, 0.2) is 0 Å². The summed E-state index contributed by atoms with van der Waals surface area (Å²) in [4.78, 5) is 0. The van der Waals surface area contributed by atoms with Crippen molar-refractivity contribution < 1.29 is 9.84 Å². The van der Waals surface area contributed by atoms with E-state index in [0.29, 0.717) is 6.61 Å². The van der Waals surface area contributed by atoms with E-state index in [0.717, 1.165) is 23.3 Å². The van der Waals surface area contributed by atoms with E-state index in [4.69, 9.17) is 9.84 Å². The van der Waals surface area contributed by atoms with Crippen LogP contribution in [0.4, 0.5) is 0 Å². The molecule has 19 heavy (non-hydrogen) atoms. The average Bonchev–Trinajstić information content (AvgIpc) is 2.76. The van der Waals surface area contributed by atoms with Gasteiger partial charge in [0.1, 0.15) is 12.4 Å². The zero-order valence-electron chi connectivity index (χ0n) is 11.7. The zero-order chi connectivity index (χ0) is 13.9. The number of hydrogen-bond donors (Lipinski definition) is 1. The van der Waals surface area contributed by atoms with Gasteiger partial charge in [0.25, 0.3) is 0 Å². The van der Waals surface area contributed by atoms with Crippen LogP contribution < -0.4 is 4.74 Å². The fourth-order valence-electron chi connectivity index (χ4n) is 1.75. The van der Waals surface area contributed by atoms with Crippen molar-refractivity contribution in [3.05, 3.63) is 60.2 Å². The second-order valence-electron chi connectivity index (χ2n) is 3.76. The van der Waals surface area contributed by atoms with Crippen LogP contribution in [0.15, 0.2) is 54.6 Å². The third-order valence-corrected chi connectivity index (χ3v) is 2.53. The van der Waals surface area contributed by atoms with Crippen LogP contribution in [0, 0.1) is 0 Å². The minimum absolute atomic E-state index is 0.0309. The number of hydrogen-bond acceptors (Lipinski definition) is 2. The highest BCUT2D eigenvalue weighted by molar-refractivity contribution is 5.79. The molecule has 1 N–H and O–H groups in total. The van der Waals surface area contributed by atoms with E-state index in [9.17, 15) is 0 Å². The van der Waals surface area contributed by atoms with Crippen molar-refractivity contribution in [2.75, 3.05) is 13.2 Å². The minimum atomic E-state index is 0.0309. The molecule has 0 unspecified atom stereocenters. The zero-order valence-corrected chi connectivity index (χ0v) is 11.7. The van der Waals surface area contributed by atoms with Gasteiger partial charge in [-0.3, -0.25) is 0 Å². The molecule has 0 bridgehead atoms. The maximum atomic E-state index is 8.81. The summed E-state index contributed by atoms with van der Waals surface area (Å²) in [5.41, 5.74) is 2.19. The lowest BCUT2D eigenvalue weighted by Crippen LogP contribution is -2.03. The topological polar surface area (TPSA) is 29.5 Å². The molecule has 2 nitrogen and oxygen atoms in total. The lowest BCUT2D eigenvalue weighted by molar-refractivity contribution is 0.201. The molecule has 1 aliphatic rings. The molecule has 0 radical (unpaired) electrons. The quantitative estimate of drug-likeness (QED) is 0.885. The molecule has 0 aliphatic heterocycles. The highest BCUT2D eigenvalue weighted by atomic mass is 16.5. The first-order chi connectivity index (χ1) is 9.42. The maximum absolute atomic E-state index is 8.81. The SMILES string of the molecule is CC.OCCOc1ccccc1C1=CC=CCC=C1. The Morgan fingerprint density at radius 1 is 1.16 bits per heavy atom.